The van der Waals surface area contributed by atoms with E-state index in [4.69, 9.17) is 0 Å². The van der Waals surface area contributed by atoms with Crippen LogP contribution in [0, 0.1) is 16.0 Å². The van der Waals surface area contributed by atoms with Crippen molar-refractivity contribution in [2.24, 2.45) is 5.92 Å². The van der Waals surface area contributed by atoms with E-state index in [0.717, 1.165) is 18.9 Å². The van der Waals surface area contributed by atoms with Crippen LogP contribution in [0.2, 0.25) is 0 Å². The van der Waals surface area contributed by atoms with Crippen LogP contribution in [0.15, 0.2) is 16.7 Å². The van der Waals surface area contributed by atoms with Crippen LogP contribution in [0.3, 0.4) is 0 Å². The second-order valence-corrected chi connectivity index (χ2v) is 5.32. The largest absolute Gasteiger partial charge is 0.354 e. The molecule has 1 aromatic rings. The van der Waals surface area contributed by atoms with Crippen molar-refractivity contribution in [2.75, 3.05) is 18.5 Å². The predicted molar refractivity (Wildman–Crippen MR) is 69.2 cm³/mol. The lowest BCUT2D eigenvalue weighted by atomic mass is 10.2. The van der Waals surface area contributed by atoms with Crippen LogP contribution in [0.5, 0.6) is 0 Å². The van der Waals surface area contributed by atoms with E-state index in [-0.39, 0.29) is 10.6 Å². The lowest BCUT2D eigenvalue weighted by Gasteiger charge is -2.17. The Balaban J connectivity index is 2.14. The van der Waals surface area contributed by atoms with Crippen LogP contribution in [-0.4, -0.2) is 23.5 Å². The molecule has 0 aromatic carbocycles. The third-order valence-electron chi connectivity index (χ3n) is 2.94. The molecule has 1 heterocycles. The molecule has 0 spiro atoms. The van der Waals surface area contributed by atoms with Gasteiger partial charge >= 0.3 is 5.69 Å². The number of aromatic nitrogens is 1. The highest BCUT2D eigenvalue weighted by molar-refractivity contribution is 9.10. The first-order valence-electron chi connectivity index (χ1n) is 5.59. The lowest BCUT2D eigenvalue weighted by molar-refractivity contribution is -0.384. The number of rotatable bonds is 5. The molecule has 1 aliphatic rings. The van der Waals surface area contributed by atoms with E-state index in [2.05, 4.69) is 20.9 Å². The van der Waals surface area contributed by atoms with Gasteiger partial charge in [0.25, 0.3) is 0 Å². The van der Waals surface area contributed by atoms with Crippen molar-refractivity contribution in [3.8, 4) is 0 Å². The van der Waals surface area contributed by atoms with Crippen molar-refractivity contribution in [1.29, 1.82) is 0 Å². The summed E-state index contributed by atoms with van der Waals surface area (Å²) in [6, 6.07) is 1.50. The summed E-state index contributed by atoms with van der Waals surface area (Å²) in [6.07, 6.45) is 5.27. The molecule has 0 N–H and O–H groups in total. The number of hydrogen-bond acceptors (Lipinski definition) is 4. The average Bonchev–Trinajstić information content (AvgIpc) is 3.09. The summed E-state index contributed by atoms with van der Waals surface area (Å²) in [4.78, 5) is 16.6. The number of hydrogen-bond donors (Lipinski definition) is 0. The molecule has 0 amide bonds. The number of nitro groups is 1. The maximum Gasteiger partial charge on any atom is 0.312 e. The molecule has 1 fully saturated rings. The fourth-order valence-electron chi connectivity index (χ4n) is 1.74. The van der Waals surface area contributed by atoms with Gasteiger partial charge in [0.2, 0.25) is 5.82 Å². The molecule has 5 nitrogen and oxygen atoms in total. The van der Waals surface area contributed by atoms with E-state index in [0.29, 0.717) is 10.3 Å². The van der Waals surface area contributed by atoms with Crippen molar-refractivity contribution >= 4 is 27.4 Å². The van der Waals surface area contributed by atoms with Crippen LogP contribution in [-0.2, 0) is 0 Å². The first-order chi connectivity index (χ1) is 8.08. The van der Waals surface area contributed by atoms with Gasteiger partial charge in [-0.3, -0.25) is 10.1 Å². The van der Waals surface area contributed by atoms with Gasteiger partial charge in [-0.15, -0.1) is 0 Å². The molecule has 2 rings (SSSR count). The minimum atomic E-state index is -0.388. The molecule has 1 aromatic heterocycles. The monoisotopic (exact) mass is 299 g/mol. The van der Waals surface area contributed by atoms with Crippen molar-refractivity contribution in [2.45, 2.75) is 19.3 Å². The highest BCUT2D eigenvalue weighted by atomic mass is 79.9. The van der Waals surface area contributed by atoms with Crippen molar-refractivity contribution in [3.05, 3.63) is 26.9 Å². The predicted octanol–water partition coefficient (Wildman–Crippen LogP) is 2.99. The molecule has 0 aliphatic heterocycles. The normalized spacial score (nSPS) is 14.7. The van der Waals surface area contributed by atoms with Crippen LogP contribution in [0.1, 0.15) is 19.3 Å². The minimum Gasteiger partial charge on any atom is -0.354 e. The summed E-state index contributed by atoms with van der Waals surface area (Å²) in [5, 5.41) is 10.9. The van der Waals surface area contributed by atoms with Gasteiger partial charge in [-0.05, 0) is 28.3 Å². The second-order valence-electron chi connectivity index (χ2n) is 4.41. The second kappa shape index (κ2) is 5.00. The van der Waals surface area contributed by atoms with E-state index >= 15 is 0 Å². The molecule has 6 heteroatoms. The molecule has 1 saturated carbocycles. The van der Waals surface area contributed by atoms with Gasteiger partial charge in [-0.1, -0.05) is 12.8 Å². The Bertz CT molecular complexity index is 435. The Kier molecular flexibility index (Phi) is 3.61. The van der Waals surface area contributed by atoms with Crippen LogP contribution >= 0.6 is 15.9 Å². The molecule has 0 bridgehead atoms. The zero-order valence-corrected chi connectivity index (χ0v) is 11.2. The molecule has 0 radical (unpaired) electrons. The van der Waals surface area contributed by atoms with Crippen LogP contribution in [0.25, 0.3) is 0 Å². The van der Waals surface area contributed by atoms with Gasteiger partial charge < -0.3 is 4.90 Å². The quantitative estimate of drug-likeness (QED) is 0.619. The zero-order chi connectivity index (χ0) is 12.4. The fraction of sp³-hybridized carbons (Fsp3) is 0.545. The molecular weight excluding hydrogens is 286 g/mol. The maximum absolute atomic E-state index is 10.9. The topological polar surface area (TPSA) is 59.3 Å². The summed E-state index contributed by atoms with van der Waals surface area (Å²) < 4.78 is 0.628. The number of halogens is 1. The van der Waals surface area contributed by atoms with Crippen LogP contribution in [0.4, 0.5) is 11.5 Å². The SMILES string of the molecule is CN(CCC1CC1)c1ncc(Br)cc1[N+](=O)[O-]. The molecule has 17 heavy (non-hydrogen) atoms. The minimum absolute atomic E-state index is 0.0534. The smallest absolute Gasteiger partial charge is 0.312 e. The number of nitrogens with zero attached hydrogens (tertiary/aromatic N) is 3. The van der Waals surface area contributed by atoms with Gasteiger partial charge in [-0.2, -0.15) is 0 Å². The Morgan fingerprint density at radius 3 is 2.94 bits per heavy atom. The third kappa shape index (κ3) is 3.15. The van der Waals surface area contributed by atoms with Gasteiger partial charge in [-0.25, -0.2) is 4.98 Å². The molecular formula is C11H14BrN3O2. The van der Waals surface area contributed by atoms with E-state index < -0.39 is 0 Å². The van der Waals surface area contributed by atoms with E-state index in [1.165, 1.54) is 18.9 Å². The fourth-order valence-corrected chi connectivity index (χ4v) is 2.06. The highest BCUT2D eigenvalue weighted by Crippen LogP contribution is 2.34. The average molecular weight is 300 g/mol. The molecule has 92 valence electrons. The van der Waals surface area contributed by atoms with Gasteiger partial charge in [0.05, 0.1) is 4.92 Å². The maximum atomic E-state index is 10.9. The first kappa shape index (κ1) is 12.3. The Morgan fingerprint density at radius 1 is 1.65 bits per heavy atom. The third-order valence-corrected chi connectivity index (χ3v) is 3.38. The summed E-state index contributed by atoms with van der Waals surface area (Å²) in [5.41, 5.74) is 0.0534. The standard InChI is InChI=1S/C11H14BrN3O2/c1-14(5-4-8-2-3-8)11-10(15(16)17)6-9(12)7-13-11/h6-8H,2-5H2,1H3. The molecule has 1 aliphatic carbocycles. The van der Waals surface area contributed by atoms with E-state index in [1.54, 1.807) is 6.20 Å². The van der Waals surface area contributed by atoms with Gasteiger partial charge in [0.1, 0.15) is 0 Å². The van der Waals surface area contributed by atoms with E-state index in [9.17, 15) is 10.1 Å². The first-order valence-corrected chi connectivity index (χ1v) is 6.38. The van der Waals surface area contributed by atoms with Crippen molar-refractivity contribution in [1.82, 2.24) is 4.98 Å². The van der Waals surface area contributed by atoms with E-state index in [1.807, 2.05) is 11.9 Å². The Labute approximate surface area is 108 Å². The number of pyridine rings is 1. The Hall–Kier alpha value is -1.17. The lowest BCUT2D eigenvalue weighted by Crippen LogP contribution is -2.21. The van der Waals surface area contributed by atoms with Crippen LogP contribution < -0.4 is 4.90 Å². The van der Waals surface area contributed by atoms with Gasteiger partial charge in [0, 0.05) is 30.3 Å². The highest BCUT2D eigenvalue weighted by Gasteiger charge is 2.24. The summed E-state index contributed by atoms with van der Waals surface area (Å²) in [6.45, 7) is 0.820. The summed E-state index contributed by atoms with van der Waals surface area (Å²) in [5.74, 6) is 1.26. The Morgan fingerprint density at radius 2 is 2.35 bits per heavy atom. The molecule has 0 atom stereocenters. The molecule has 0 unspecified atom stereocenters. The molecule has 0 saturated heterocycles. The summed E-state index contributed by atoms with van der Waals surface area (Å²) in [7, 11) is 1.85. The van der Waals surface area contributed by atoms with Crippen molar-refractivity contribution < 1.29 is 4.92 Å². The van der Waals surface area contributed by atoms with Crippen molar-refractivity contribution in [3.63, 3.8) is 0 Å². The number of anilines is 1. The van der Waals surface area contributed by atoms with Gasteiger partial charge in [0.15, 0.2) is 0 Å². The zero-order valence-electron chi connectivity index (χ0n) is 9.60. The summed E-state index contributed by atoms with van der Waals surface area (Å²) >= 11 is 3.20.